The van der Waals surface area contributed by atoms with Crippen molar-refractivity contribution in [2.75, 3.05) is 20.1 Å². The lowest BCUT2D eigenvalue weighted by atomic mass is 9.94. The first kappa shape index (κ1) is 17.3. The largest absolute Gasteiger partial charge is 0.507 e. The van der Waals surface area contributed by atoms with E-state index in [0.29, 0.717) is 5.84 Å². The van der Waals surface area contributed by atoms with Crippen molar-refractivity contribution in [3.05, 3.63) is 64.8 Å². The minimum Gasteiger partial charge on any atom is -0.507 e. The fraction of sp³-hybridized carbons (Fsp3) is 0.350. The van der Waals surface area contributed by atoms with E-state index in [9.17, 15) is 9.50 Å². The van der Waals surface area contributed by atoms with Crippen LogP contribution in [-0.2, 0) is 0 Å². The topological polar surface area (TPSA) is 39.1 Å². The monoisotopic (exact) mass is 341 g/mol. The Bertz CT molecular complexity index is 783. The maximum Gasteiger partial charge on any atom is 0.145 e. The highest BCUT2D eigenvalue weighted by molar-refractivity contribution is 6.03. The summed E-state index contributed by atoms with van der Waals surface area (Å²) >= 11 is 0. The van der Waals surface area contributed by atoms with E-state index in [0.717, 1.165) is 30.1 Å². The van der Waals surface area contributed by atoms with Gasteiger partial charge in [0.15, 0.2) is 0 Å². The van der Waals surface area contributed by atoms with Gasteiger partial charge in [0.25, 0.3) is 0 Å². The van der Waals surface area contributed by atoms with Crippen LogP contribution in [0.3, 0.4) is 0 Å². The highest BCUT2D eigenvalue weighted by Gasteiger charge is 2.33. The van der Waals surface area contributed by atoms with Gasteiger partial charge in [-0.3, -0.25) is 0 Å². The Morgan fingerprint density at radius 2 is 1.96 bits per heavy atom. The van der Waals surface area contributed by atoms with Gasteiger partial charge in [0, 0.05) is 25.7 Å². The Hall–Kier alpha value is -2.56. The molecule has 0 fully saturated rings. The molecule has 0 bridgehead atoms. The van der Waals surface area contributed by atoms with Crippen LogP contribution in [0.2, 0.25) is 0 Å². The lowest BCUT2D eigenvalue weighted by Crippen LogP contribution is -2.44. The lowest BCUT2D eigenvalue weighted by molar-refractivity contribution is 0.351. The second-order valence-corrected chi connectivity index (χ2v) is 6.32. The molecule has 0 radical (unpaired) electrons. The number of rotatable bonds is 4. The molecular weight excluding hydrogens is 317 g/mol. The van der Waals surface area contributed by atoms with Crippen LogP contribution in [-0.4, -0.2) is 46.9 Å². The fourth-order valence-electron chi connectivity index (χ4n) is 3.36. The lowest BCUT2D eigenvalue weighted by Gasteiger charge is -2.39. The highest BCUT2D eigenvalue weighted by Crippen LogP contribution is 2.33. The summed E-state index contributed by atoms with van der Waals surface area (Å²) in [5, 5.41) is 10.2. The third kappa shape index (κ3) is 2.95. The smallest absolute Gasteiger partial charge is 0.145 e. The number of benzene rings is 1. The van der Waals surface area contributed by atoms with Crippen molar-refractivity contribution in [2.24, 2.45) is 4.99 Å². The minimum atomic E-state index is -0.472. The molecule has 1 aliphatic carbocycles. The molecule has 1 heterocycles. The van der Waals surface area contributed by atoms with E-state index >= 15 is 0 Å². The molecule has 0 aromatic heterocycles. The molecule has 1 atom stereocenters. The van der Waals surface area contributed by atoms with Gasteiger partial charge in [-0.2, -0.15) is 0 Å². The van der Waals surface area contributed by atoms with E-state index in [4.69, 9.17) is 4.99 Å². The van der Waals surface area contributed by atoms with Crippen molar-refractivity contribution in [1.29, 1.82) is 0 Å². The summed E-state index contributed by atoms with van der Waals surface area (Å²) in [7, 11) is 1.89. The fourth-order valence-corrected chi connectivity index (χ4v) is 3.36. The Balaban J connectivity index is 2.23. The number of likely N-dealkylation sites (N-methyl/N-ethyl adjacent to an activating group) is 1. The second kappa shape index (κ2) is 6.75. The normalized spacial score (nSPS) is 19.6. The molecule has 0 spiro atoms. The first-order valence-corrected chi connectivity index (χ1v) is 8.62. The van der Waals surface area contributed by atoms with Crippen molar-refractivity contribution < 1.29 is 9.50 Å². The van der Waals surface area contributed by atoms with Crippen LogP contribution >= 0.6 is 0 Å². The Morgan fingerprint density at radius 1 is 1.24 bits per heavy atom. The molecule has 1 unspecified atom stereocenters. The number of aromatic hydroxyl groups is 1. The van der Waals surface area contributed by atoms with Gasteiger partial charge in [-0.25, -0.2) is 9.38 Å². The molecule has 25 heavy (non-hydrogen) atoms. The number of phenolic OH excluding ortho intramolecular Hbond substituents is 1. The van der Waals surface area contributed by atoms with Gasteiger partial charge in [-0.1, -0.05) is 29.9 Å². The quantitative estimate of drug-likeness (QED) is 0.908. The van der Waals surface area contributed by atoms with Crippen LogP contribution in [0.4, 0.5) is 4.39 Å². The summed E-state index contributed by atoms with van der Waals surface area (Å²) in [6.07, 6.45) is 6.31. The van der Waals surface area contributed by atoms with Gasteiger partial charge in [-0.15, -0.1) is 0 Å². The zero-order valence-electron chi connectivity index (χ0n) is 15.1. The van der Waals surface area contributed by atoms with Crippen LogP contribution < -0.4 is 0 Å². The Labute approximate surface area is 148 Å². The maximum absolute atomic E-state index is 14.5. The number of allylic oxidation sites excluding steroid dienone is 2. The number of halogens is 1. The molecule has 1 aromatic carbocycles. The van der Waals surface area contributed by atoms with E-state index in [1.165, 1.54) is 18.2 Å². The van der Waals surface area contributed by atoms with E-state index in [1.54, 1.807) is 0 Å². The summed E-state index contributed by atoms with van der Waals surface area (Å²) in [6.45, 7) is 7.82. The zero-order chi connectivity index (χ0) is 18.1. The molecule has 3 rings (SSSR count). The van der Waals surface area contributed by atoms with Crippen molar-refractivity contribution >= 4 is 5.84 Å². The van der Waals surface area contributed by atoms with Crippen molar-refractivity contribution in [3.63, 3.8) is 0 Å². The molecule has 5 heteroatoms. The minimum absolute atomic E-state index is 0.0351. The molecule has 1 aromatic rings. The van der Waals surface area contributed by atoms with Crippen molar-refractivity contribution in [3.8, 4) is 5.75 Å². The number of amidine groups is 1. The number of hydrogen-bond donors (Lipinski definition) is 1. The maximum atomic E-state index is 14.5. The van der Waals surface area contributed by atoms with Gasteiger partial charge in [0.2, 0.25) is 0 Å². The van der Waals surface area contributed by atoms with E-state index < -0.39 is 5.82 Å². The standard InChI is InChI=1S/C20H24FN3O/c1-5-24(6-2)19-14-11-10-13(3)12-16(14)23(4)20(22-19)18-15(21)8-7-9-17(18)25/h7-12,16,25H,5-6H2,1-4H3. The highest BCUT2D eigenvalue weighted by atomic mass is 19.1. The molecule has 1 aliphatic heterocycles. The van der Waals surface area contributed by atoms with Gasteiger partial charge >= 0.3 is 0 Å². The van der Waals surface area contributed by atoms with Crippen LogP contribution in [0, 0.1) is 5.82 Å². The van der Waals surface area contributed by atoms with Gasteiger partial charge in [-0.05, 0) is 32.9 Å². The number of phenols is 1. The number of aliphatic imine (C=N–C) groups is 1. The third-order valence-corrected chi connectivity index (χ3v) is 4.76. The summed E-state index contributed by atoms with van der Waals surface area (Å²) < 4.78 is 14.5. The zero-order valence-corrected chi connectivity index (χ0v) is 15.1. The second-order valence-electron chi connectivity index (χ2n) is 6.32. The van der Waals surface area contributed by atoms with Crippen LogP contribution in [0.1, 0.15) is 26.3 Å². The summed E-state index contributed by atoms with van der Waals surface area (Å²) in [4.78, 5) is 8.86. The number of nitrogens with zero attached hydrogens (tertiary/aromatic N) is 3. The molecule has 132 valence electrons. The van der Waals surface area contributed by atoms with E-state index in [-0.39, 0.29) is 17.4 Å². The molecule has 2 aliphatic rings. The molecule has 0 amide bonds. The van der Waals surface area contributed by atoms with Gasteiger partial charge < -0.3 is 14.9 Å². The molecule has 4 nitrogen and oxygen atoms in total. The Morgan fingerprint density at radius 3 is 2.60 bits per heavy atom. The molecule has 0 saturated heterocycles. The average molecular weight is 341 g/mol. The predicted octanol–water partition coefficient (Wildman–Crippen LogP) is 3.66. The number of fused-ring (bicyclic) bond motifs is 1. The first-order valence-electron chi connectivity index (χ1n) is 8.62. The number of hydrogen-bond acceptors (Lipinski definition) is 4. The SMILES string of the molecule is CCN(CC)C1=C2C=CC(C)=CC2N(C)C(c2c(O)cccc2F)=N1. The summed E-state index contributed by atoms with van der Waals surface area (Å²) in [5.74, 6) is 0.719. The predicted molar refractivity (Wildman–Crippen MR) is 99.0 cm³/mol. The third-order valence-electron chi connectivity index (χ3n) is 4.76. The molecule has 0 saturated carbocycles. The molecular formula is C20H24FN3O. The summed E-state index contributed by atoms with van der Waals surface area (Å²) in [6, 6.07) is 4.31. The van der Waals surface area contributed by atoms with Crippen LogP contribution in [0.15, 0.2) is 58.4 Å². The van der Waals surface area contributed by atoms with Gasteiger partial charge in [0.05, 0.1) is 11.6 Å². The van der Waals surface area contributed by atoms with Crippen molar-refractivity contribution in [2.45, 2.75) is 26.8 Å². The van der Waals surface area contributed by atoms with Gasteiger partial charge in [0.1, 0.15) is 23.2 Å². The van der Waals surface area contributed by atoms with Crippen LogP contribution in [0.25, 0.3) is 0 Å². The first-order chi connectivity index (χ1) is 12.0. The summed E-state index contributed by atoms with van der Waals surface area (Å²) in [5.41, 5.74) is 2.39. The van der Waals surface area contributed by atoms with E-state index in [1.807, 2.05) is 18.9 Å². The average Bonchev–Trinajstić information content (AvgIpc) is 2.59. The van der Waals surface area contributed by atoms with E-state index in [2.05, 4.69) is 37.0 Å². The Kier molecular flexibility index (Phi) is 4.66. The molecule has 1 N–H and O–H groups in total. The van der Waals surface area contributed by atoms with Crippen molar-refractivity contribution in [1.82, 2.24) is 9.80 Å². The van der Waals surface area contributed by atoms with Crippen LogP contribution in [0.5, 0.6) is 5.75 Å².